The fourth-order valence-electron chi connectivity index (χ4n) is 3.58. The molecule has 0 amide bonds. The van der Waals surface area contributed by atoms with Gasteiger partial charge in [-0.1, -0.05) is 19.3 Å². The molecular formula is C20H24F2N6O. The second-order valence-corrected chi connectivity index (χ2v) is 6.94. The van der Waals surface area contributed by atoms with E-state index >= 15 is 0 Å². The predicted molar refractivity (Wildman–Crippen MR) is 108 cm³/mol. The first-order valence-corrected chi connectivity index (χ1v) is 9.57. The summed E-state index contributed by atoms with van der Waals surface area (Å²) >= 11 is 0. The van der Waals surface area contributed by atoms with Gasteiger partial charge < -0.3 is 14.9 Å². The Hall–Kier alpha value is -3.07. The van der Waals surface area contributed by atoms with Crippen molar-refractivity contribution < 1.29 is 14.9 Å². The predicted octanol–water partition coefficient (Wildman–Crippen LogP) is 4.43. The molecule has 4 heterocycles. The first-order chi connectivity index (χ1) is 14.1. The van der Waals surface area contributed by atoms with E-state index in [1.165, 1.54) is 6.42 Å². The third kappa shape index (κ3) is 4.51. The van der Waals surface area contributed by atoms with Gasteiger partial charge in [0.15, 0.2) is 0 Å². The summed E-state index contributed by atoms with van der Waals surface area (Å²) < 4.78 is 31.3. The molecule has 154 valence electrons. The van der Waals surface area contributed by atoms with Crippen LogP contribution in [0.3, 0.4) is 0 Å². The number of nitrogens with zero attached hydrogens (tertiary/aromatic N) is 5. The van der Waals surface area contributed by atoms with Crippen molar-refractivity contribution in [1.29, 1.82) is 0 Å². The number of hydrogen-bond donors (Lipinski definition) is 1. The lowest BCUT2D eigenvalue weighted by Crippen LogP contribution is -2.19. The Morgan fingerprint density at radius 3 is 2.72 bits per heavy atom. The van der Waals surface area contributed by atoms with Crippen LogP contribution in [0, 0.1) is 0 Å². The van der Waals surface area contributed by atoms with Crippen LogP contribution in [-0.4, -0.2) is 36.7 Å². The van der Waals surface area contributed by atoms with E-state index in [9.17, 15) is 8.78 Å². The van der Waals surface area contributed by atoms with Gasteiger partial charge in [-0.3, -0.25) is 0 Å². The molecule has 7 nitrogen and oxygen atoms in total. The van der Waals surface area contributed by atoms with Gasteiger partial charge in [0.2, 0.25) is 5.95 Å². The zero-order chi connectivity index (χ0) is 20.2. The highest BCUT2D eigenvalue weighted by Gasteiger charge is 2.17. The first kappa shape index (κ1) is 19.3. The average molecular weight is 402 g/mol. The summed E-state index contributed by atoms with van der Waals surface area (Å²) in [6, 6.07) is 6.02. The Kier molecular flexibility index (Phi) is 5.66. The van der Waals surface area contributed by atoms with Crippen LogP contribution in [0.4, 0.5) is 14.7 Å². The summed E-state index contributed by atoms with van der Waals surface area (Å²) in [6.07, 6.45) is 14.0. The maximum absolute atomic E-state index is 11.6. The third-order valence-corrected chi connectivity index (χ3v) is 4.98. The highest BCUT2D eigenvalue weighted by atomic mass is 19.3. The maximum Gasteiger partial charge on any atom is 0.345 e. The summed E-state index contributed by atoms with van der Waals surface area (Å²) in [5.74, 6) is 0.264. The van der Waals surface area contributed by atoms with Crippen molar-refractivity contribution in [3.63, 3.8) is 0 Å². The summed E-state index contributed by atoms with van der Waals surface area (Å²) in [4.78, 5) is 8.28. The molecule has 1 fully saturated rings. The minimum Gasteiger partial charge on any atom is -0.367 e. The molecule has 1 aliphatic carbocycles. The fourth-order valence-corrected chi connectivity index (χ4v) is 3.58. The van der Waals surface area contributed by atoms with Crippen LogP contribution in [0.5, 0.6) is 0 Å². The van der Waals surface area contributed by atoms with Gasteiger partial charge in [0, 0.05) is 37.3 Å². The lowest BCUT2D eigenvalue weighted by Gasteiger charge is -2.20. The van der Waals surface area contributed by atoms with Gasteiger partial charge in [-0.25, -0.2) is 14.5 Å². The average Bonchev–Trinajstić information content (AvgIpc) is 3.34. The van der Waals surface area contributed by atoms with Crippen LogP contribution in [0.15, 0.2) is 49.2 Å². The van der Waals surface area contributed by atoms with E-state index < -0.39 is 6.61 Å². The van der Waals surface area contributed by atoms with Gasteiger partial charge in [-0.2, -0.15) is 8.78 Å². The Labute approximate surface area is 167 Å². The number of alkyl halides is 2. The summed E-state index contributed by atoms with van der Waals surface area (Å²) in [7, 11) is 0. The molecule has 2 N–H and O–H groups in total. The van der Waals surface area contributed by atoms with Crippen LogP contribution in [0.1, 0.15) is 33.5 Å². The molecule has 0 aliphatic heterocycles. The Morgan fingerprint density at radius 1 is 1.10 bits per heavy atom. The van der Waals surface area contributed by atoms with Gasteiger partial charge in [0.25, 0.3) is 0 Å². The summed E-state index contributed by atoms with van der Waals surface area (Å²) in [5.41, 5.74) is 9.58. The highest BCUT2D eigenvalue weighted by Crippen LogP contribution is 2.25. The number of aromatic nitrogens is 5. The zero-order valence-corrected chi connectivity index (χ0v) is 15.8. The molecule has 4 aromatic rings. The molecule has 1 saturated carbocycles. The van der Waals surface area contributed by atoms with Crippen molar-refractivity contribution in [1.82, 2.24) is 24.0 Å². The number of nitrogens with two attached hydrogens (primary N) is 1. The number of pyridine rings is 1. The van der Waals surface area contributed by atoms with Gasteiger partial charge in [0.05, 0.1) is 17.8 Å². The quantitative estimate of drug-likeness (QED) is 0.548. The van der Waals surface area contributed by atoms with E-state index in [4.69, 9.17) is 5.73 Å². The molecule has 29 heavy (non-hydrogen) atoms. The van der Waals surface area contributed by atoms with E-state index in [1.54, 1.807) is 16.9 Å². The molecule has 0 radical (unpaired) electrons. The molecule has 4 aromatic heterocycles. The molecule has 0 bridgehead atoms. The topological polar surface area (TPSA) is 82.7 Å². The third-order valence-electron chi connectivity index (χ3n) is 4.98. The van der Waals surface area contributed by atoms with Crippen molar-refractivity contribution in [3.05, 3.63) is 49.2 Å². The number of nitrogen functional groups attached to an aromatic ring is 1. The van der Waals surface area contributed by atoms with E-state index in [-0.39, 0.29) is 13.5 Å². The maximum atomic E-state index is 11.6. The minimum atomic E-state index is -2.58. The first-order valence-electron chi connectivity index (χ1n) is 9.57. The number of ether oxygens (including phenoxy) is 1. The number of halogens is 2. The SMILES string of the molecule is FC(F)OC1CCCCC1.Nc1ncc2c(-c3ccc4nccn4c3)ccn2n1.[HH]. The van der Waals surface area contributed by atoms with E-state index in [0.717, 1.165) is 48.0 Å². The molecule has 0 saturated heterocycles. The van der Waals surface area contributed by atoms with Crippen molar-refractivity contribution in [3.8, 4) is 11.1 Å². The van der Waals surface area contributed by atoms with Crippen LogP contribution < -0.4 is 5.73 Å². The second kappa shape index (κ2) is 8.52. The van der Waals surface area contributed by atoms with Gasteiger partial charge in [0.1, 0.15) is 5.65 Å². The Balaban J connectivity index is 0.000000200. The molecule has 0 aromatic carbocycles. The standard InChI is InChI=1S/C13H10N6.C7H12F2O.H2/c14-13-16-7-11-10(3-5-19(11)17-13)9-1-2-12-15-4-6-18(12)8-9;8-7(9)10-6-4-2-1-3-5-6;/h1-8H,(H2,14,17);6-7H,1-5H2;1H. The number of hydrogen-bond acceptors (Lipinski definition) is 5. The van der Waals surface area contributed by atoms with Crippen LogP contribution in [0.2, 0.25) is 0 Å². The summed E-state index contributed by atoms with van der Waals surface area (Å²) in [6.45, 7) is -2.58. The molecule has 0 atom stereocenters. The smallest absolute Gasteiger partial charge is 0.345 e. The molecule has 1 aliphatic rings. The van der Waals surface area contributed by atoms with Crippen molar-refractivity contribution in [2.45, 2.75) is 44.8 Å². The number of fused-ring (bicyclic) bond motifs is 2. The van der Waals surface area contributed by atoms with Crippen LogP contribution in [-0.2, 0) is 4.74 Å². The largest absolute Gasteiger partial charge is 0.367 e. The van der Waals surface area contributed by atoms with Gasteiger partial charge in [-0.15, -0.1) is 5.10 Å². The molecular weight excluding hydrogens is 378 g/mol. The van der Waals surface area contributed by atoms with Crippen molar-refractivity contribution in [2.75, 3.05) is 5.73 Å². The Bertz CT molecular complexity index is 1090. The fraction of sp³-hybridized carbons (Fsp3) is 0.350. The van der Waals surface area contributed by atoms with Crippen molar-refractivity contribution >= 4 is 17.1 Å². The lowest BCUT2D eigenvalue weighted by atomic mass is 9.98. The van der Waals surface area contributed by atoms with Crippen LogP contribution in [0.25, 0.3) is 22.3 Å². The monoisotopic (exact) mass is 402 g/mol. The van der Waals surface area contributed by atoms with Crippen LogP contribution >= 0.6 is 0 Å². The normalized spacial score (nSPS) is 15.0. The molecule has 5 rings (SSSR count). The van der Waals surface area contributed by atoms with E-state index in [0.29, 0.717) is 0 Å². The highest BCUT2D eigenvalue weighted by molar-refractivity contribution is 5.80. The second-order valence-electron chi connectivity index (χ2n) is 6.94. The lowest BCUT2D eigenvalue weighted by molar-refractivity contribution is -0.169. The molecule has 9 heteroatoms. The minimum absolute atomic E-state index is 0. The molecule has 0 spiro atoms. The number of anilines is 1. The number of rotatable bonds is 3. The van der Waals surface area contributed by atoms with E-state index in [2.05, 4.69) is 19.8 Å². The molecule has 0 unspecified atom stereocenters. The van der Waals surface area contributed by atoms with Gasteiger partial charge in [-0.05, 0) is 31.0 Å². The zero-order valence-electron chi connectivity index (χ0n) is 15.8. The number of imidazole rings is 1. The van der Waals surface area contributed by atoms with Crippen molar-refractivity contribution in [2.24, 2.45) is 0 Å². The Morgan fingerprint density at radius 2 is 1.93 bits per heavy atom. The van der Waals surface area contributed by atoms with Gasteiger partial charge >= 0.3 is 6.61 Å². The summed E-state index contributed by atoms with van der Waals surface area (Å²) in [5, 5.41) is 4.14. The van der Waals surface area contributed by atoms with E-state index in [1.807, 2.05) is 41.2 Å².